The van der Waals surface area contributed by atoms with Crippen LogP contribution in [0.25, 0.3) is 11.3 Å². The van der Waals surface area contributed by atoms with E-state index in [4.69, 9.17) is 0 Å². The molecule has 0 radical (unpaired) electrons. The SMILES string of the molecule is CCc1nnc(NC(=O)c2cc(-c3ccccc3)n[nH]2)s1. The smallest absolute Gasteiger partial charge is 0.275 e. The van der Waals surface area contributed by atoms with Gasteiger partial charge in [-0.2, -0.15) is 5.10 Å². The average molecular weight is 299 g/mol. The summed E-state index contributed by atoms with van der Waals surface area (Å²) in [6.45, 7) is 1.99. The maximum atomic E-state index is 12.1. The molecule has 0 aliphatic rings. The normalized spacial score (nSPS) is 10.5. The van der Waals surface area contributed by atoms with Gasteiger partial charge in [0.2, 0.25) is 5.13 Å². The van der Waals surface area contributed by atoms with Gasteiger partial charge in [-0.15, -0.1) is 10.2 Å². The summed E-state index contributed by atoms with van der Waals surface area (Å²) in [6.07, 6.45) is 0.801. The van der Waals surface area contributed by atoms with E-state index in [0.717, 1.165) is 22.7 Å². The van der Waals surface area contributed by atoms with Crippen LogP contribution in [0.2, 0.25) is 0 Å². The van der Waals surface area contributed by atoms with E-state index in [-0.39, 0.29) is 5.91 Å². The first-order chi connectivity index (χ1) is 10.3. The van der Waals surface area contributed by atoms with Crippen LogP contribution in [0, 0.1) is 0 Å². The summed E-state index contributed by atoms with van der Waals surface area (Å²) in [6, 6.07) is 11.4. The maximum absolute atomic E-state index is 12.1. The predicted octanol–water partition coefficient (Wildman–Crippen LogP) is 2.74. The number of H-pyrrole nitrogens is 1. The standard InChI is InChI=1S/C14H13N5OS/c1-2-12-18-19-14(21-12)15-13(20)11-8-10(16-17-11)9-6-4-3-5-7-9/h3-8H,2H2,1H3,(H,16,17)(H,15,19,20). The second-order valence-corrected chi connectivity index (χ2v) is 5.40. The van der Waals surface area contributed by atoms with Crippen molar-refractivity contribution < 1.29 is 4.79 Å². The van der Waals surface area contributed by atoms with Crippen molar-refractivity contribution in [1.82, 2.24) is 20.4 Å². The first-order valence-electron chi connectivity index (χ1n) is 6.51. The van der Waals surface area contributed by atoms with Crippen LogP contribution in [0.15, 0.2) is 36.4 Å². The molecule has 106 valence electrons. The Morgan fingerprint density at radius 1 is 1.29 bits per heavy atom. The Balaban J connectivity index is 1.75. The second kappa shape index (κ2) is 5.84. The van der Waals surface area contributed by atoms with Crippen molar-refractivity contribution in [3.63, 3.8) is 0 Å². The summed E-state index contributed by atoms with van der Waals surface area (Å²) in [4.78, 5) is 12.1. The molecule has 0 bridgehead atoms. The molecule has 21 heavy (non-hydrogen) atoms. The molecule has 2 N–H and O–H groups in total. The Kier molecular flexibility index (Phi) is 3.74. The lowest BCUT2D eigenvalue weighted by atomic mass is 10.1. The Bertz CT molecular complexity index is 750. The molecule has 1 amide bonds. The second-order valence-electron chi connectivity index (χ2n) is 4.34. The zero-order chi connectivity index (χ0) is 14.7. The number of amides is 1. The zero-order valence-corrected chi connectivity index (χ0v) is 12.1. The van der Waals surface area contributed by atoms with Crippen LogP contribution >= 0.6 is 11.3 Å². The summed E-state index contributed by atoms with van der Waals surface area (Å²) in [5, 5.41) is 18.9. The fourth-order valence-corrected chi connectivity index (χ4v) is 2.48. The number of rotatable bonds is 4. The van der Waals surface area contributed by atoms with Gasteiger partial charge in [0, 0.05) is 5.56 Å². The van der Waals surface area contributed by atoms with Gasteiger partial charge in [-0.05, 0) is 12.5 Å². The van der Waals surface area contributed by atoms with E-state index in [1.54, 1.807) is 6.07 Å². The Hall–Kier alpha value is -2.54. The monoisotopic (exact) mass is 299 g/mol. The number of aryl methyl sites for hydroxylation is 1. The first kappa shape index (κ1) is 13.4. The molecule has 3 rings (SSSR count). The third kappa shape index (κ3) is 2.97. The Labute approximate surface area is 125 Å². The lowest BCUT2D eigenvalue weighted by Gasteiger charge is -1.96. The van der Waals surface area contributed by atoms with E-state index < -0.39 is 0 Å². The number of benzene rings is 1. The van der Waals surface area contributed by atoms with Gasteiger partial charge in [-0.1, -0.05) is 48.6 Å². The van der Waals surface area contributed by atoms with Gasteiger partial charge >= 0.3 is 0 Å². The molecule has 6 nitrogen and oxygen atoms in total. The molecule has 1 aromatic carbocycles. The Morgan fingerprint density at radius 3 is 2.81 bits per heavy atom. The lowest BCUT2D eigenvalue weighted by Crippen LogP contribution is -2.12. The van der Waals surface area contributed by atoms with Crippen LogP contribution in [0.3, 0.4) is 0 Å². The van der Waals surface area contributed by atoms with Crippen LogP contribution < -0.4 is 5.32 Å². The van der Waals surface area contributed by atoms with Crippen molar-refractivity contribution in [3.8, 4) is 11.3 Å². The highest BCUT2D eigenvalue weighted by Crippen LogP contribution is 2.19. The third-order valence-electron chi connectivity index (χ3n) is 2.88. The number of hydrogen-bond donors (Lipinski definition) is 2. The molecule has 2 aromatic heterocycles. The summed E-state index contributed by atoms with van der Waals surface area (Å²) in [5.74, 6) is -0.275. The molecule has 0 saturated carbocycles. The molecular weight excluding hydrogens is 286 g/mol. The highest BCUT2D eigenvalue weighted by atomic mass is 32.1. The van der Waals surface area contributed by atoms with Crippen LogP contribution in [0.4, 0.5) is 5.13 Å². The number of aromatic nitrogens is 4. The van der Waals surface area contributed by atoms with Gasteiger partial charge in [0.1, 0.15) is 10.7 Å². The average Bonchev–Trinajstić information content (AvgIpc) is 3.17. The van der Waals surface area contributed by atoms with Crippen molar-refractivity contribution in [2.45, 2.75) is 13.3 Å². The van der Waals surface area contributed by atoms with Crippen LogP contribution in [0.1, 0.15) is 22.4 Å². The molecular formula is C14H13N5OS. The lowest BCUT2D eigenvalue weighted by molar-refractivity contribution is 0.102. The minimum Gasteiger partial charge on any atom is -0.295 e. The van der Waals surface area contributed by atoms with Crippen molar-refractivity contribution in [3.05, 3.63) is 47.1 Å². The quantitative estimate of drug-likeness (QED) is 0.776. The maximum Gasteiger partial charge on any atom is 0.275 e. The number of anilines is 1. The van der Waals surface area contributed by atoms with Gasteiger partial charge in [0.15, 0.2) is 0 Å². The summed E-state index contributed by atoms with van der Waals surface area (Å²) < 4.78 is 0. The number of nitrogens with zero attached hydrogens (tertiary/aromatic N) is 3. The molecule has 0 aliphatic heterocycles. The first-order valence-corrected chi connectivity index (χ1v) is 7.32. The van der Waals surface area contributed by atoms with Gasteiger partial charge in [0.25, 0.3) is 5.91 Å². The summed E-state index contributed by atoms with van der Waals surface area (Å²) in [5.41, 5.74) is 2.08. The van der Waals surface area contributed by atoms with Gasteiger partial charge in [0.05, 0.1) is 5.69 Å². The molecule has 2 heterocycles. The van der Waals surface area contributed by atoms with Crippen molar-refractivity contribution in [2.75, 3.05) is 5.32 Å². The molecule has 0 saturated heterocycles. The fourth-order valence-electron chi connectivity index (χ4n) is 1.81. The van der Waals surface area contributed by atoms with Crippen LogP contribution in [-0.4, -0.2) is 26.3 Å². The number of carbonyl (C=O) groups is 1. The van der Waals surface area contributed by atoms with E-state index >= 15 is 0 Å². The minimum atomic E-state index is -0.275. The Morgan fingerprint density at radius 2 is 2.10 bits per heavy atom. The summed E-state index contributed by atoms with van der Waals surface area (Å²) >= 11 is 1.37. The van der Waals surface area contributed by atoms with E-state index in [2.05, 4.69) is 25.7 Å². The molecule has 0 atom stereocenters. The highest BCUT2D eigenvalue weighted by molar-refractivity contribution is 7.15. The van der Waals surface area contributed by atoms with E-state index in [9.17, 15) is 4.79 Å². The van der Waals surface area contributed by atoms with Crippen molar-refractivity contribution >= 4 is 22.4 Å². The number of carbonyl (C=O) groups excluding carboxylic acids is 1. The highest BCUT2D eigenvalue weighted by Gasteiger charge is 2.13. The van der Waals surface area contributed by atoms with E-state index in [0.29, 0.717) is 10.8 Å². The fraction of sp³-hybridized carbons (Fsp3) is 0.143. The van der Waals surface area contributed by atoms with Gasteiger partial charge < -0.3 is 0 Å². The number of aromatic amines is 1. The molecule has 0 unspecified atom stereocenters. The van der Waals surface area contributed by atoms with Crippen LogP contribution in [0.5, 0.6) is 0 Å². The molecule has 0 fully saturated rings. The van der Waals surface area contributed by atoms with E-state index in [1.807, 2.05) is 37.3 Å². The predicted molar refractivity (Wildman–Crippen MR) is 81.3 cm³/mol. The van der Waals surface area contributed by atoms with Crippen LogP contribution in [-0.2, 0) is 6.42 Å². The zero-order valence-electron chi connectivity index (χ0n) is 11.3. The molecule has 3 aromatic rings. The van der Waals surface area contributed by atoms with E-state index in [1.165, 1.54) is 11.3 Å². The topological polar surface area (TPSA) is 83.6 Å². The molecule has 0 spiro atoms. The number of nitrogens with one attached hydrogen (secondary N) is 2. The van der Waals surface area contributed by atoms with Crippen molar-refractivity contribution in [1.29, 1.82) is 0 Å². The molecule has 7 heteroatoms. The minimum absolute atomic E-state index is 0.275. The largest absolute Gasteiger partial charge is 0.295 e. The molecule has 0 aliphatic carbocycles. The van der Waals surface area contributed by atoms with Gasteiger partial charge in [-0.3, -0.25) is 15.2 Å². The summed E-state index contributed by atoms with van der Waals surface area (Å²) in [7, 11) is 0. The van der Waals surface area contributed by atoms with Crippen molar-refractivity contribution in [2.24, 2.45) is 0 Å². The number of hydrogen-bond acceptors (Lipinski definition) is 5. The van der Waals surface area contributed by atoms with Gasteiger partial charge in [-0.25, -0.2) is 0 Å². The third-order valence-corrected chi connectivity index (χ3v) is 3.86.